The lowest BCUT2D eigenvalue weighted by molar-refractivity contribution is -0.136. The van der Waals surface area contributed by atoms with Gasteiger partial charge in [0.1, 0.15) is 0 Å². The Hall–Kier alpha value is -0.570. The van der Waals surface area contributed by atoms with Gasteiger partial charge in [-0.05, 0) is 62.9 Å². The summed E-state index contributed by atoms with van der Waals surface area (Å²) in [5.74, 6) is 2.20. The third-order valence-corrected chi connectivity index (χ3v) is 5.39. The highest BCUT2D eigenvalue weighted by molar-refractivity contribution is 5.79. The van der Waals surface area contributed by atoms with Crippen LogP contribution in [-0.4, -0.2) is 37.5 Å². The number of nitrogens with zero attached hydrogens (tertiary/aromatic N) is 1. The molecule has 1 amide bonds. The first-order valence-electron chi connectivity index (χ1n) is 8.35. The van der Waals surface area contributed by atoms with Crippen molar-refractivity contribution in [1.29, 1.82) is 0 Å². The highest BCUT2D eigenvalue weighted by Gasteiger charge is 2.35. The average molecular weight is 280 g/mol. The summed E-state index contributed by atoms with van der Waals surface area (Å²) in [6, 6.07) is 0. The zero-order valence-corrected chi connectivity index (χ0v) is 13.7. The number of likely N-dealkylation sites (tertiary alicyclic amines) is 1. The van der Waals surface area contributed by atoms with Crippen LogP contribution < -0.4 is 5.32 Å². The maximum absolute atomic E-state index is 12.6. The molecule has 1 aliphatic heterocycles. The first-order valence-corrected chi connectivity index (χ1v) is 8.35. The summed E-state index contributed by atoms with van der Waals surface area (Å²) in [7, 11) is 2.00. The van der Waals surface area contributed by atoms with Gasteiger partial charge in [-0.3, -0.25) is 4.79 Å². The van der Waals surface area contributed by atoms with Crippen LogP contribution in [0.1, 0.15) is 52.9 Å². The molecule has 1 aliphatic carbocycles. The van der Waals surface area contributed by atoms with Crippen molar-refractivity contribution in [3.8, 4) is 0 Å². The first kappa shape index (κ1) is 15.8. The summed E-state index contributed by atoms with van der Waals surface area (Å²) in [6.07, 6.45) is 5.84. The second-order valence-corrected chi connectivity index (χ2v) is 7.91. The standard InChI is InChI=1S/C17H32N2O/c1-17(2,3)15-7-5-14(6-8-15)16(20)19-10-9-13(12-19)11-18-4/h13-15,18H,5-12H2,1-4H3. The van der Waals surface area contributed by atoms with E-state index in [0.717, 1.165) is 38.4 Å². The molecule has 2 aliphatic rings. The average Bonchev–Trinajstić information content (AvgIpc) is 2.86. The highest BCUT2D eigenvalue weighted by Crippen LogP contribution is 2.40. The van der Waals surface area contributed by atoms with E-state index in [1.165, 1.54) is 19.3 Å². The smallest absolute Gasteiger partial charge is 0.225 e. The van der Waals surface area contributed by atoms with Gasteiger partial charge < -0.3 is 10.2 Å². The van der Waals surface area contributed by atoms with Gasteiger partial charge in [0.25, 0.3) is 0 Å². The van der Waals surface area contributed by atoms with E-state index in [1.807, 2.05) is 7.05 Å². The molecule has 0 aromatic carbocycles. The van der Waals surface area contributed by atoms with Crippen LogP contribution in [0.3, 0.4) is 0 Å². The van der Waals surface area contributed by atoms with Gasteiger partial charge >= 0.3 is 0 Å². The summed E-state index contributed by atoms with van der Waals surface area (Å²) >= 11 is 0. The van der Waals surface area contributed by atoms with E-state index in [4.69, 9.17) is 0 Å². The molecule has 116 valence electrons. The van der Waals surface area contributed by atoms with Crippen molar-refractivity contribution in [2.24, 2.45) is 23.2 Å². The molecule has 3 heteroatoms. The first-order chi connectivity index (χ1) is 9.41. The van der Waals surface area contributed by atoms with Crippen LogP contribution in [0.4, 0.5) is 0 Å². The van der Waals surface area contributed by atoms with E-state index >= 15 is 0 Å². The molecule has 0 aromatic rings. The number of carbonyl (C=O) groups excluding carboxylic acids is 1. The molecule has 0 spiro atoms. The fraction of sp³-hybridized carbons (Fsp3) is 0.941. The predicted molar refractivity (Wildman–Crippen MR) is 83.5 cm³/mol. The lowest BCUT2D eigenvalue weighted by Crippen LogP contribution is -2.38. The molecule has 1 saturated heterocycles. The van der Waals surface area contributed by atoms with Crippen molar-refractivity contribution in [2.75, 3.05) is 26.7 Å². The molecule has 1 N–H and O–H groups in total. The highest BCUT2D eigenvalue weighted by atomic mass is 16.2. The van der Waals surface area contributed by atoms with Crippen molar-refractivity contribution >= 4 is 5.91 Å². The van der Waals surface area contributed by atoms with E-state index < -0.39 is 0 Å². The maximum Gasteiger partial charge on any atom is 0.225 e. The van der Waals surface area contributed by atoms with E-state index in [1.54, 1.807) is 0 Å². The minimum atomic E-state index is 0.307. The summed E-state index contributed by atoms with van der Waals surface area (Å²) in [5, 5.41) is 3.23. The molecule has 3 nitrogen and oxygen atoms in total. The molecule has 2 fully saturated rings. The number of amides is 1. The normalized spacial score (nSPS) is 31.6. The van der Waals surface area contributed by atoms with Gasteiger partial charge in [-0.1, -0.05) is 20.8 Å². The monoisotopic (exact) mass is 280 g/mol. The van der Waals surface area contributed by atoms with Gasteiger partial charge in [-0.15, -0.1) is 0 Å². The van der Waals surface area contributed by atoms with E-state index in [9.17, 15) is 4.79 Å². The Morgan fingerprint density at radius 2 is 1.80 bits per heavy atom. The van der Waals surface area contributed by atoms with Crippen molar-refractivity contribution in [3.63, 3.8) is 0 Å². The third kappa shape index (κ3) is 3.75. The third-order valence-electron chi connectivity index (χ3n) is 5.39. The van der Waals surface area contributed by atoms with Crippen molar-refractivity contribution in [2.45, 2.75) is 52.9 Å². The lowest BCUT2D eigenvalue weighted by atomic mass is 9.69. The Morgan fingerprint density at radius 3 is 2.35 bits per heavy atom. The Morgan fingerprint density at radius 1 is 1.15 bits per heavy atom. The molecular formula is C17H32N2O. The summed E-state index contributed by atoms with van der Waals surface area (Å²) in [6.45, 7) is 10.00. The summed E-state index contributed by atoms with van der Waals surface area (Å²) in [4.78, 5) is 14.7. The van der Waals surface area contributed by atoms with Crippen LogP contribution in [0.5, 0.6) is 0 Å². The molecule has 2 rings (SSSR count). The van der Waals surface area contributed by atoms with Crippen LogP contribution in [0, 0.1) is 23.2 Å². The van der Waals surface area contributed by atoms with Gasteiger partial charge in [-0.2, -0.15) is 0 Å². The van der Waals surface area contributed by atoms with Crippen LogP contribution in [0.15, 0.2) is 0 Å². The minimum absolute atomic E-state index is 0.307. The van der Waals surface area contributed by atoms with Crippen molar-refractivity contribution in [1.82, 2.24) is 10.2 Å². The molecule has 0 bridgehead atoms. The zero-order chi connectivity index (χ0) is 14.8. The van der Waals surface area contributed by atoms with Gasteiger partial charge in [0.15, 0.2) is 0 Å². The number of nitrogens with one attached hydrogen (secondary N) is 1. The number of carbonyl (C=O) groups is 1. The molecule has 1 unspecified atom stereocenters. The van der Waals surface area contributed by atoms with E-state index in [-0.39, 0.29) is 0 Å². The Bertz CT molecular complexity index is 326. The molecular weight excluding hydrogens is 248 g/mol. The topological polar surface area (TPSA) is 32.3 Å². The van der Waals surface area contributed by atoms with Crippen LogP contribution in [0.2, 0.25) is 0 Å². The maximum atomic E-state index is 12.6. The zero-order valence-electron chi connectivity index (χ0n) is 13.7. The van der Waals surface area contributed by atoms with Crippen LogP contribution in [-0.2, 0) is 4.79 Å². The Labute approximate surface area is 124 Å². The van der Waals surface area contributed by atoms with Crippen molar-refractivity contribution < 1.29 is 4.79 Å². The van der Waals surface area contributed by atoms with Gasteiger partial charge in [0.2, 0.25) is 5.91 Å². The lowest BCUT2D eigenvalue weighted by Gasteiger charge is -2.37. The van der Waals surface area contributed by atoms with Gasteiger partial charge in [0.05, 0.1) is 0 Å². The second kappa shape index (κ2) is 6.46. The molecule has 0 radical (unpaired) electrons. The Balaban J connectivity index is 1.81. The van der Waals surface area contributed by atoms with Crippen molar-refractivity contribution in [3.05, 3.63) is 0 Å². The number of rotatable bonds is 3. The van der Waals surface area contributed by atoms with Gasteiger partial charge in [-0.25, -0.2) is 0 Å². The van der Waals surface area contributed by atoms with Crippen LogP contribution >= 0.6 is 0 Å². The quantitative estimate of drug-likeness (QED) is 0.862. The van der Waals surface area contributed by atoms with E-state index in [2.05, 4.69) is 31.0 Å². The molecule has 1 atom stereocenters. The fourth-order valence-corrected chi connectivity index (χ4v) is 3.95. The minimum Gasteiger partial charge on any atom is -0.342 e. The Kier molecular flexibility index (Phi) is 5.11. The summed E-state index contributed by atoms with van der Waals surface area (Å²) in [5.41, 5.74) is 0.402. The SMILES string of the molecule is CNCC1CCN(C(=O)C2CCC(C(C)(C)C)CC2)C1. The van der Waals surface area contributed by atoms with Crippen LogP contribution in [0.25, 0.3) is 0 Å². The summed E-state index contributed by atoms with van der Waals surface area (Å²) < 4.78 is 0. The molecule has 1 saturated carbocycles. The van der Waals surface area contributed by atoms with E-state index in [0.29, 0.717) is 23.2 Å². The molecule has 20 heavy (non-hydrogen) atoms. The second-order valence-electron chi connectivity index (χ2n) is 7.91. The number of hydrogen-bond acceptors (Lipinski definition) is 2. The fourth-order valence-electron chi connectivity index (χ4n) is 3.95. The van der Waals surface area contributed by atoms with Gasteiger partial charge in [0, 0.05) is 19.0 Å². The largest absolute Gasteiger partial charge is 0.342 e. The number of hydrogen-bond donors (Lipinski definition) is 1. The predicted octanol–water partition coefficient (Wildman–Crippen LogP) is 2.91. The molecule has 0 aromatic heterocycles. The molecule has 1 heterocycles.